The van der Waals surface area contributed by atoms with E-state index in [1.807, 2.05) is 7.05 Å². The first kappa shape index (κ1) is 8.49. The van der Waals surface area contributed by atoms with Crippen LogP contribution in [0.1, 0.15) is 0 Å². The van der Waals surface area contributed by atoms with Gasteiger partial charge in [-0.25, -0.2) is 9.97 Å². The van der Waals surface area contributed by atoms with Gasteiger partial charge in [-0.15, -0.1) is 0 Å². The molecule has 0 atom stereocenters. The van der Waals surface area contributed by atoms with Gasteiger partial charge in [0, 0.05) is 7.05 Å². The number of hydrogen-bond donors (Lipinski definition) is 2. The summed E-state index contributed by atoms with van der Waals surface area (Å²) in [6, 6.07) is 0. The molecule has 0 spiro atoms. The summed E-state index contributed by atoms with van der Waals surface area (Å²) >= 11 is 0. The molecule has 72 valence electrons. The molecule has 3 N–H and O–H groups in total. The lowest BCUT2D eigenvalue weighted by Crippen LogP contribution is -2.13. The third-order valence-corrected chi connectivity index (χ3v) is 1.89. The number of rotatable bonds is 1. The van der Waals surface area contributed by atoms with Crippen molar-refractivity contribution < 1.29 is 0 Å². The molecule has 0 aromatic carbocycles. The Labute approximate surface area is 79.4 Å². The molecule has 0 aliphatic rings. The highest BCUT2D eigenvalue weighted by Crippen LogP contribution is 2.10. The zero-order valence-corrected chi connectivity index (χ0v) is 7.56. The summed E-state index contributed by atoms with van der Waals surface area (Å²) in [7, 11) is 1.82. The highest BCUT2D eigenvalue weighted by Gasteiger charge is 2.05. The Balaban J connectivity index is 2.59. The van der Waals surface area contributed by atoms with Gasteiger partial charge in [0.15, 0.2) is 5.82 Å². The van der Waals surface area contributed by atoms with Crippen LogP contribution in [-0.4, -0.2) is 19.5 Å². The molecular weight excluding hydrogens is 182 g/mol. The molecule has 0 amide bonds. The summed E-state index contributed by atoms with van der Waals surface area (Å²) in [4.78, 5) is 21.7. The number of aryl methyl sites for hydroxylation is 1. The van der Waals surface area contributed by atoms with Gasteiger partial charge in [-0.1, -0.05) is 0 Å². The summed E-state index contributed by atoms with van der Waals surface area (Å²) < 4.78 is 1.76. The standard InChI is InChI=1S/C8H9N5O/c1-13-4-10-3-6(13)7-11-2-5(9)8(14)12-7/h2-4H,9H2,1H3,(H,11,12,14). The van der Waals surface area contributed by atoms with Crippen molar-refractivity contribution in [1.29, 1.82) is 0 Å². The van der Waals surface area contributed by atoms with Crippen LogP contribution in [0.3, 0.4) is 0 Å². The van der Waals surface area contributed by atoms with E-state index < -0.39 is 0 Å². The number of nitrogens with two attached hydrogens (primary N) is 1. The van der Waals surface area contributed by atoms with Crippen molar-refractivity contribution in [2.45, 2.75) is 0 Å². The normalized spacial score (nSPS) is 10.4. The molecule has 0 radical (unpaired) electrons. The second-order valence-corrected chi connectivity index (χ2v) is 2.91. The molecule has 0 fully saturated rings. The van der Waals surface area contributed by atoms with E-state index in [0.29, 0.717) is 5.82 Å². The van der Waals surface area contributed by atoms with Crippen molar-refractivity contribution in [2.24, 2.45) is 7.05 Å². The Bertz CT molecular complexity index is 512. The summed E-state index contributed by atoms with van der Waals surface area (Å²) in [6.45, 7) is 0. The van der Waals surface area contributed by atoms with Gasteiger partial charge >= 0.3 is 0 Å². The maximum atomic E-state index is 11.2. The van der Waals surface area contributed by atoms with E-state index in [4.69, 9.17) is 5.73 Å². The number of nitrogen functional groups attached to an aromatic ring is 1. The minimum Gasteiger partial charge on any atom is -0.393 e. The van der Waals surface area contributed by atoms with Crippen molar-refractivity contribution in [2.75, 3.05) is 5.73 Å². The molecule has 2 aromatic rings. The lowest BCUT2D eigenvalue weighted by molar-refractivity contribution is 0.906. The number of nitrogens with one attached hydrogen (secondary N) is 1. The zero-order chi connectivity index (χ0) is 10.1. The molecule has 0 saturated carbocycles. The van der Waals surface area contributed by atoms with Crippen LogP contribution in [-0.2, 0) is 7.05 Å². The van der Waals surface area contributed by atoms with Crippen LogP contribution < -0.4 is 11.3 Å². The van der Waals surface area contributed by atoms with E-state index in [1.54, 1.807) is 17.1 Å². The maximum Gasteiger partial charge on any atom is 0.274 e. The minimum absolute atomic E-state index is 0.107. The van der Waals surface area contributed by atoms with Gasteiger partial charge in [0.05, 0.1) is 18.7 Å². The highest BCUT2D eigenvalue weighted by molar-refractivity contribution is 5.49. The Morgan fingerprint density at radius 3 is 2.86 bits per heavy atom. The third-order valence-electron chi connectivity index (χ3n) is 1.89. The first-order valence-corrected chi connectivity index (χ1v) is 4.00. The molecule has 0 bridgehead atoms. The van der Waals surface area contributed by atoms with Crippen LogP contribution in [0.4, 0.5) is 5.69 Å². The van der Waals surface area contributed by atoms with E-state index >= 15 is 0 Å². The summed E-state index contributed by atoms with van der Waals surface area (Å²) in [6.07, 6.45) is 4.58. The maximum absolute atomic E-state index is 11.2. The quantitative estimate of drug-likeness (QED) is 0.650. The molecule has 0 aliphatic heterocycles. The first-order chi connectivity index (χ1) is 6.68. The number of nitrogens with zero attached hydrogens (tertiary/aromatic N) is 3. The van der Waals surface area contributed by atoms with E-state index in [0.717, 1.165) is 5.69 Å². The molecular formula is C8H9N5O. The highest BCUT2D eigenvalue weighted by atomic mass is 16.1. The number of aromatic nitrogens is 4. The molecule has 6 heteroatoms. The summed E-state index contributed by atoms with van der Waals surface area (Å²) in [5.74, 6) is 0.462. The minimum atomic E-state index is -0.337. The van der Waals surface area contributed by atoms with Gasteiger partial charge in [-0.2, -0.15) is 0 Å². The van der Waals surface area contributed by atoms with Gasteiger partial charge in [0.2, 0.25) is 0 Å². The number of imidazole rings is 1. The Morgan fingerprint density at radius 1 is 1.50 bits per heavy atom. The molecule has 14 heavy (non-hydrogen) atoms. The second kappa shape index (κ2) is 2.99. The van der Waals surface area contributed by atoms with Crippen LogP contribution in [0.5, 0.6) is 0 Å². The average Bonchev–Trinajstić information content (AvgIpc) is 2.57. The van der Waals surface area contributed by atoms with Gasteiger partial charge < -0.3 is 15.3 Å². The predicted molar refractivity (Wildman–Crippen MR) is 51.5 cm³/mol. The van der Waals surface area contributed by atoms with E-state index in [1.165, 1.54) is 6.20 Å². The van der Waals surface area contributed by atoms with Gasteiger partial charge in [0.1, 0.15) is 11.4 Å². The number of H-pyrrole nitrogens is 1. The molecule has 2 rings (SSSR count). The molecule has 0 saturated heterocycles. The number of anilines is 1. The van der Waals surface area contributed by atoms with Crippen molar-refractivity contribution >= 4 is 5.69 Å². The van der Waals surface area contributed by atoms with Crippen molar-refractivity contribution in [3.05, 3.63) is 29.1 Å². The fourth-order valence-electron chi connectivity index (χ4n) is 1.12. The van der Waals surface area contributed by atoms with E-state index in [-0.39, 0.29) is 11.2 Å². The Kier molecular flexibility index (Phi) is 1.81. The number of aromatic amines is 1. The average molecular weight is 191 g/mol. The van der Waals surface area contributed by atoms with Crippen LogP contribution in [0.2, 0.25) is 0 Å². The van der Waals surface area contributed by atoms with Crippen LogP contribution >= 0.6 is 0 Å². The molecule has 2 heterocycles. The van der Waals surface area contributed by atoms with Gasteiger partial charge in [0.25, 0.3) is 5.56 Å². The van der Waals surface area contributed by atoms with Crippen molar-refractivity contribution in [1.82, 2.24) is 19.5 Å². The van der Waals surface area contributed by atoms with E-state index in [9.17, 15) is 4.79 Å². The van der Waals surface area contributed by atoms with E-state index in [2.05, 4.69) is 15.0 Å². The fourth-order valence-corrected chi connectivity index (χ4v) is 1.12. The Morgan fingerprint density at radius 2 is 2.29 bits per heavy atom. The van der Waals surface area contributed by atoms with Crippen molar-refractivity contribution in [3.8, 4) is 11.5 Å². The Hall–Kier alpha value is -2.11. The largest absolute Gasteiger partial charge is 0.393 e. The summed E-state index contributed by atoms with van der Waals surface area (Å²) in [5.41, 5.74) is 5.86. The van der Waals surface area contributed by atoms with Gasteiger partial charge in [-0.05, 0) is 0 Å². The first-order valence-electron chi connectivity index (χ1n) is 4.00. The lowest BCUT2D eigenvalue weighted by atomic mass is 10.4. The van der Waals surface area contributed by atoms with Crippen LogP contribution in [0.15, 0.2) is 23.5 Å². The zero-order valence-electron chi connectivity index (χ0n) is 7.56. The molecule has 6 nitrogen and oxygen atoms in total. The monoisotopic (exact) mass is 191 g/mol. The number of hydrogen-bond acceptors (Lipinski definition) is 4. The third kappa shape index (κ3) is 1.26. The van der Waals surface area contributed by atoms with Gasteiger partial charge in [-0.3, -0.25) is 4.79 Å². The summed E-state index contributed by atoms with van der Waals surface area (Å²) in [5, 5.41) is 0. The SMILES string of the molecule is Cn1cncc1-c1ncc(N)c(=O)[nH]1. The topological polar surface area (TPSA) is 89.6 Å². The smallest absolute Gasteiger partial charge is 0.274 e. The predicted octanol–water partition coefficient (Wildman–Crippen LogP) is -0.247. The molecule has 2 aromatic heterocycles. The lowest BCUT2D eigenvalue weighted by Gasteiger charge is -2.00. The van der Waals surface area contributed by atoms with Crippen LogP contribution in [0.25, 0.3) is 11.5 Å². The second-order valence-electron chi connectivity index (χ2n) is 2.91. The fraction of sp³-hybridized carbons (Fsp3) is 0.125. The molecule has 0 unspecified atom stereocenters. The molecule has 0 aliphatic carbocycles. The van der Waals surface area contributed by atoms with Crippen molar-refractivity contribution in [3.63, 3.8) is 0 Å². The van der Waals surface area contributed by atoms with Crippen LogP contribution in [0, 0.1) is 0 Å².